The van der Waals surface area contributed by atoms with E-state index in [0.717, 1.165) is 25.0 Å². The van der Waals surface area contributed by atoms with Gasteiger partial charge in [0.15, 0.2) is 0 Å². The fourth-order valence-electron chi connectivity index (χ4n) is 3.88. The molecule has 7 nitrogen and oxygen atoms in total. The van der Waals surface area contributed by atoms with Gasteiger partial charge in [0.25, 0.3) is 5.91 Å². The quantitative estimate of drug-likeness (QED) is 0.857. The van der Waals surface area contributed by atoms with Crippen LogP contribution in [0.3, 0.4) is 0 Å². The standard InChI is InChI=1S/C21H25N3O4/c1-21(8-5-9-27-14-21)20(26)24-11-15(12-24)10-22-19(25)17-13-28-23-18(17)16-6-3-2-4-7-16/h2-4,6-7,13,15H,5,8-12,14H2,1H3,(H,22,25). The Kier molecular flexibility index (Phi) is 5.17. The number of amides is 2. The summed E-state index contributed by atoms with van der Waals surface area (Å²) in [6, 6.07) is 9.47. The number of aromatic nitrogens is 1. The molecule has 7 heteroatoms. The zero-order valence-corrected chi connectivity index (χ0v) is 16.0. The number of benzene rings is 1. The zero-order chi connectivity index (χ0) is 19.6. The van der Waals surface area contributed by atoms with E-state index in [4.69, 9.17) is 9.26 Å². The van der Waals surface area contributed by atoms with E-state index >= 15 is 0 Å². The molecular weight excluding hydrogens is 358 g/mol. The van der Waals surface area contributed by atoms with Crippen LogP contribution < -0.4 is 5.32 Å². The Bertz CT molecular complexity index is 836. The van der Waals surface area contributed by atoms with E-state index in [0.29, 0.717) is 37.5 Å². The number of nitrogens with zero attached hydrogens (tertiary/aromatic N) is 2. The van der Waals surface area contributed by atoms with Crippen molar-refractivity contribution in [3.05, 3.63) is 42.2 Å². The summed E-state index contributed by atoms with van der Waals surface area (Å²) in [6.07, 6.45) is 3.18. The normalized spacial score (nSPS) is 22.5. The molecule has 1 atom stereocenters. The minimum absolute atomic E-state index is 0.167. The molecule has 0 bridgehead atoms. The SMILES string of the molecule is CC1(C(=O)N2CC(CNC(=O)c3conc3-c3ccccc3)C2)CCCOC1. The van der Waals surface area contributed by atoms with Crippen LogP contribution in [-0.4, -0.2) is 54.7 Å². The van der Waals surface area contributed by atoms with Gasteiger partial charge in [-0.05, 0) is 19.8 Å². The number of ether oxygens (including phenoxy) is 1. The van der Waals surface area contributed by atoms with Gasteiger partial charge < -0.3 is 19.5 Å². The van der Waals surface area contributed by atoms with Gasteiger partial charge in [0.05, 0.1) is 12.0 Å². The lowest BCUT2D eigenvalue weighted by molar-refractivity contribution is -0.155. The van der Waals surface area contributed by atoms with Crippen molar-refractivity contribution in [1.29, 1.82) is 0 Å². The number of carbonyl (C=O) groups is 2. The molecule has 2 aromatic rings. The van der Waals surface area contributed by atoms with Crippen LogP contribution in [0.15, 0.2) is 41.1 Å². The van der Waals surface area contributed by atoms with Crippen LogP contribution >= 0.6 is 0 Å². The Hall–Kier alpha value is -2.67. The predicted octanol–water partition coefficient (Wildman–Crippen LogP) is 2.35. The minimum Gasteiger partial charge on any atom is -0.380 e. The molecule has 2 aliphatic rings. The summed E-state index contributed by atoms with van der Waals surface area (Å²) >= 11 is 0. The smallest absolute Gasteiger partial charge is 0.256 e. The molecule has 2 aliphatic heterocycles. The van der Waals surface area contributed by atoms with Crippen LogP contribution in [0.1, 0.15) is 30.1 Å². The summed E-state index contributed by atoms with van der Waals surface area (Å²) in [7, 11) is 0. The maximum Gasteiger partial charge on any atom is 0.256 e. The van der Waals surface area contributed by atoms with Crippen molar-refractivity contribution in [1.82, 2.24) is 15.4 Å². The molecule has 4 rings (SSSR count). The van der Waals surface area contributed by atoms with E-state index < -0.39 is 5.41 Å². The van der Waals surface area contributed by atoms with Crippen molar-refractivity contribution < 1.29 is 18.8 Å². The summed E-state index contributed by atoms with van der Waals surface area (Å²) in [4.78, 5) is 27.1. The molecule has 28 heavy (non-hydrogen) atoms. The first kappa shape index (κ1) is 18.7. The van der Waals surface area contributed by atoms with E-state index in [-0.39, 0.29) is 17.7 Å². The van der Waals surface area contributed by atoms with Crippen LogP contribution in [0.25, 0.3) is 11.3 Å². The average Bonchev–Trinajstić information content (AvgIpc) is 3.17. The Morgan fingerprint density at radius 1 is 1.29 bits per heavy atom. The lowest BCUT2D eigenvalue weighted by atomic mass is 9.81. The third-order valence-electron chi connectivity index (χ3n) is 5.61. The molecule has 1 aromatic carbocycles. The van der Waals surface area contributed by atoms with Crippen molar-refractivity contribution in [3.8, 4) is 11.3 Å². The average molecular weight is 383 g/mol. The van der Waals surface area contributed by atoms with E-state index in [1.54, 1.807) is 0 Å². The molecule has 0 radical (unpaired) electrons. The Labute approximate surface area is 164 Å². The Morgan fingerprint density at radius 2 is 2.07 bits per heavy atom. The highest BCUT2D eigenvalue weighted by atomic mass is 16.5. The van der Waals surface area contributed by atoms with Crippen LogP contribution in [0, 0.1) is 11.3 Å². The van der Waals surface area contributed by atoms with Crippen molar-refractivity contribution >= 4 is 11.8 Å². The molecule has 0 saturated carbocycles. The molecule has 148 valence electrons. The molecule has 2 fully saturated rings. The molecular formula is C21H25N3O4. The monoisotopic (exact) mass is 383 g/mol. The second-order valence-corrected chi connectivity index (χ2v) is 7.95. The minimum atomic E-state index is -0.403. The zero-order valence-electron chi connectivity index (χ0n) is 16.0. The second kappa shape index (κ2) is 7.75. The van der Waals surface area contributed by atoms with E-state index in [1.165, 1.54) is 6.26 Å². The molecule has 2 saturated heterocycles. The van der Waals surface area contributed by atoms with Gasteiger partial charge in [0.2, 0.25) is 5.91 Å². The fraction of sp³-hybridized carbons (Fsp3) is 0.476. The molecule has 1 N–H and O–H groups in total. The van der Waals surface area contributed by atoms with Gasteiger partial charge in [-0.1, -0.05) is 35.5 Å². The largest absolute Gasteiger partial charge is 0.380 e. The summed E-state index contributed by atoms with van der Waals surface area (Å²) in [6.45, 7) is 5.09. The predicted molar refractivity (Wildman–Crippen MR) is 103 cm³/mol. The van der Waals surface area contributed by atoms with Gasteiger partial charge in [-0.3, -0.25) is 9.59 Å². The molecule has 2 amide bonds. The summed E-state index contributed by atoms with van der Waals surface area (Å²) in [5.74, 6) is 0.221. The lowest BCUT2D eigenvalue weighted by Gasteiger charge is -2.45. The van der Waals surface area contributed by atoms with E-state index in [1.807, 2.05) is 42.2 Å². The van der Waals surface area contributed by atoms with Gasteiger partial charge in [0, 0.05) is 37.7 Å². The maximum absolute atomic E-state index is 12.7. The molecule has 0 aliphatic carbocycles. The maximum atomic E-state index is 12.7. The van der Waals surface area contributed by atoms with Crippen LogP contribution in [0.5, 0.6) is 0 Å². The van der Waals surface area contributed by atoms with Crippen molar-refractivity contribution in [3.63, 3.8) is 0 Å². The summed E-state index contributed by atoms with van der Waals surface area (Å²) < 4.78 is 10.5. The number of carbonyl (C=O) groups excluding carboxylic acids is 2. The van der Waals surface area contributed by atoms with Gasteiger partial charge >= 0.3 is 0 Å². The first-order chi connectivity index (χ1) is 13.6. The number of hydrogen-bond acceptors (Lipinski definition) is 5. The van der Waals surface area contributed by atoms with Crippen LogP contribution in [0.2, 0.25) is 0 Å². The van der Waals surface area contributed by atoms with Gasteiger partial charge in [-0.25, -0.2) is 0 Å². The third-order valence-corrected chi connectivity index (χ3v) is 5.61. The number of rotatable bonds is 5. The molecule has 0 spiro atoms. The number of nitrogens with one attached hydrogen (secondary N) is 1. The number of hydrogen-bond donors (Lipinski definition) is 1. The van der Waals surface area contributed by atoms with E-state index in [9.17, 15) is 9.59 Å². The van der Waals surface area contributed by atoms with Crippen molar-refractivity contribution in [2.45, 2.75) is 19.8 Å². The summed E-state index contributed by atoms with van der Waals surface area (Å²) in [5.41, 5.74) is 1.39. The molecule has 1 unspecified atom stereocenters. The van der Waals surface area contributed by atoms with E-state index in [2.05, 4.69) is 10.5 Å². The molecule has 1 aromatic heterocycles. The highest BCUT2D eigenvalue weighted by Gasteiger charge is 2.42. The highest BCUT2D eigenvalue weighted by Crippen LogP contribution is 2.32. The van der Waals surface area contributed by atoms with Crippen molar-refractivity contribution in [2.24, 2.45) is 11.3 Å². The van der Waals surface area contributed by atoms with Gasteiger partial charge in [0.1, 0.15) is 17.5 Å². The lowest BCUT2D eigenvalue weighted by Crippen LogP contribution is -2.58. The van der Waals surface area contributed by atoms with Crippen molar-refractivity contribution in [2.75, 3.05) is 32.8 Å². The summed E-state index contributed by atoms with van der Waals surface area (Å²) in [5, 5.41) is 6.91. The van der Waals surface area contributed by atoms with Crippen LogP contribution in [-0.2, 0) is 9.53 Å². The second-order valence-electron chi connectivity index (χ2n) is 7.95. The van der Waals surface area contributed by atoms with Gasteiger partial charge in [-0.2, -0.15) is 0 Å². The van der Waals surface area contributed by atoms with Gasteiger partial charge in [-0.15, -0.1) is 0 Å². The molecule has 3 heterocycles. The number of likely N-dealkylation sites (tertiary alicyclic amines) is 1. The topological polar surface area (TPSA) is 84.7 Å². The highest BCUT2D eigenvalue weighted by molar-refractivity contribution is 5.99. The van der Waals surface area contributed by atoms with Crippen LogP contribution in [0.4, 0.5) is 0 Å². The Balaban J connectivity index is 1.28. The first-order valence-electron chi connectivity index (χ1n) is 9.72. The fourth-order valence-corrected chi connectivity index (χ4v) is 3.88. The third kappa shape index (κ3) is 3.67. The Morgan fingerprint density at radius 3 is 2.79 bits per heavy atom. The first-order valence-corrected chi connectivity index (χ1v) is 9.72.